The molecule has 1 aliphatic carbocycles. The fourth-order valence-electron chi connectivity index (χ4n) is 3.30. The number of aromatic amines is 1. The van der Waals surface area contributed by atoms with Crippen LogP contribution < -0.4 is 0 Å². The maximum atomic E-state index is 13.5. The van der Waals surface area contributed by atoms with Crippen LogP contribution in [0.5, 0.6) is 0 Å². The first-order valence-electron chi connectivity index (χ1n) is 7.62. The average molecular weight is 327 g/mol. The van der Waals surface area contributed by atoms with E-state index in [-0.39, 0.29) is 5.02 Å². The maximum Gasteiger partial charge on any atom is 0.178 e. The molecule has 1 heterocycles. The number of halogens is 2. The minimum Gasteiger partial charge on any atom is -0.330 e. The van der Waals surface area contributed by atoms with Crippen molar-refractivity contribution in [2.45, 2.75) is 45.6 Å². The van der Waals surface area contributed by atoms with Crippen molar-refractivity contribution in [2.24, 2.45) is 11.8 Å². The van der Waals surface area contributed by atoms with E-state index in [1.54, 1.807) is 6.07 Å². The number of hydrogen-bond donors (Lipinski definition) is 1. The molecule has 1 saturated carbocycles. The van der Waals surface area contributed by atoms with Crippen LogP contribution in [0.2, 0.25) is 5.02 Å². The van der Waals surface area contributed by atoms with Crippen LogP contribution >= 0.6 is 23.8 Å². The van der Waals surface area contributed by atoms with Gasteiger partial charge in [0.2, 0.25) is 0 Å². The number of nitrogens with one attached hydrogen (secondary N) is 1. The van der Waals surface area contributed by atoms with Crippen LogP contribution in [0.25, 0.3) is 11.0 Å². The van der Waals surface area contributed by atoms with Crippen molar-refractivity contribution in [1.82, 2.24) is 9.55 Å². The normalized spacial score (nSPS) is 22.8. The van der Waals surface area contributed by atoms with Gasteiger partial charge in [0, 0.05) is 12.6 Å². The van der Waals surface area contributed by atoms with Gasteiger partial charge in [-0.1, -0.05) is 44.2 Å². The molecule has 114 valence electrons. The molecule has 21 heavy (non-hydrogen) atoms. The number of aryl methyl sites for hydroxylation is 1. The fraction of sp³-hybridized carbons (Fsp3) is 0.562. The van der Waals surface area contributed by atoms with Crippen LogP contribution in [-0.4, -0.2) is 9.55 Å². The molecule has 0 saturated heterocycles. The SMILES string of the molecule is CC1CCC(CCn2c(=S)[nH]c3cc(F)c(Cl)cc32)CC1. The van der Waals surface area contributed by atoms with Crippen molar-refractivity contribution in [2.75, 3.05) is 0 Å². The smallest absolute Gasteiger partial charge is 0.178 e. The third-order valence-electron chi connectivity index (χ3n) is 4.71. The predicted molar refractivity (Wildman–Crippen MR) is 87.8 cm³/mol. The van der Waals surface area contributed by atoms with Crippen LogP contribution in [0.15, 0.2) is 12.1 Å². The third kappa shape index (κ3) is 3.16. The van der Waals surface area contributed by atoms with Gasteiger partial charge in [-0.3, -0.25) is 0 Å². The Labute approximate surface area is 134 Å². The number of hydrogen-bond acceptors (Lipinski definition) is 1. The zero-order chi connectivity index (χ0) is 15.0. The molecular weight excluding hydrogens is 307 g/mol. The summed E-state index contributed by atoms with van der Waals surface area (Å²) in [6.45, 7) is 3.21. The van der Waals surface area contributed by atoms with Gasteiger partial charge in [0.1, 0.15) is 5.82 Å². The molecule has 0 atom stereocenters. The van der Waals surface area contributed by atoms with E-state index in [2.05, 4.69) is 11.9 Å². The molecular formula is C16H20ClFN2S. The van der Waals surface area contributed by atoms with E-state index in [9.17, 15) is 4.39 Å². The number of aromatic nitrogens is 2. The van der Waals surface area contributed by atoms with Gasteiger partial charge in [0.05, 0.1) is 16.1 Å². The van der Waals surface area contributed by atoms with Gasteiger partial charge in [-0.05, 0) is 36.5 Å². The van der Waals surface area contributed by atoms with Crippen molar-refractivity contribution in [3.05, 3.63) is 27.7 Å². The predicted octanol–water partition coefficient (Wildman–Crippen LogP) is 5.71. The van der Waals surface area contributed by atoms with Gasteiger partial charge in [0.15, 0.2) is 4.77 Å². The van der Waals surface area contributed by atoms with Crippen molar-refractivity contribution in [3.63, 3.8) is 0 Å². The summed E-state index contributed by atoms with van der Waals surface area (Å²) in [4.78, 5) is 3.07. The Morgan fingerprint density at radius 3 is 2.76 bits per heavy atom. The van der Waals surface area contributed by atoms with E-state index in [0.717, 1.165) is 35.8 Å². The molecule has 0 amide bonds. The Morgan fingerprint density at radius 1 is 1.33 bits per heavy atom. The van der Waals surface area contributed by atoms with E-state index in [4.69, 9.17) is 23.8 Å². The van der Waals surface area contributed by atoms with E-state index < -0.39 is 5.82 Å². The molecule has 0 aliphatic heterocycles. The Hall–Kier alpha value is -0.870. The van der Waals surface area contributed by atoms with Crippen LogP contribution in [0.4, 0.5) is 4.39 Å². The first-order valence-corrected chi connectivity index (χ1v) is 8.41. The van der Waals surface area contributed by atoms with Crippen molar-refractivity contribution >= 4 is 34.9 Å². The van der Waals surface area contributed by atoms with Gasteiger partial charge in [-0.25, -0.2) is 4.39 Å². The first kappa shape index (κ1) is 15.0. The van der Waals surface area contributed by atoms with Crippen LogP contribution in [0, 0.1) is 22.4 Å². The van der Waals surface area contributed by atoms with Crippen molar-refractivity contribution < 1.29 is 4.39 Å². The molecule has 1 aliphatic rings. The van der Waals surface area contributed by atoms with Gasteiger partial charge in [-0.2, -0.15) is 0 Å². The Balaban J connectivity index is 1.79. The van der Waals surface area contributed by atoms with Crippen LogP contribution in [-0.2, 0) is 6.54 Å². The quantitative estimate of drug-likeness (QED) is 0.717. The number of nitrogens with zero attached hydrogens (tertiary/aromatic N) is 1. The van der Waals surface area contributed by atoms with E-state index >= 15 is 0 Å². The highest BCUT2D eigenvalue weighted by Crippen LogP contribution is 2.31. The van der Waals surface area contributed by atoms with Gasteiger partial charge in [-0.15, -0.1) is 0 Å². The lowest BCUT2D eigenvalue weighted by Crippen LogP contribution is -2.14. The number of benzene rings is 1. The van der Waals surface area contributed by atoms with E-state index in [1.165, 1.54) is 31.7 Å². The summed E-state index contributed by atoms with van der Waals surface area (Å²) >= 11 is 11.3. The molecule has 3 rings (SSSR count). The number of fused-ring (bicyclic) bond motifs is 1. The number of H-pyrrole nitrogens is 1. The van der Waals surface area contributed by atoms with E-state index in [1.807, 2.05) is 4.57 Å². The summed E-state index contributed by atoms with van der Waals surface area (Å²) < 4.78 is 16.2. The Kier molecular flexibility index (Phi) is 4.36. The van der Waals surface area contributed by atoms with Gasteiger partial charge < -0.3 is 9.55 Å². The summed E-state index contributed by atoms with van der Waals surface area (Å²) in [5.74, 6) is 1.25. The standard InChI is InChI=1S/C16H20ClFN2S/c1-10-2-4-11(5-3-10)6-7-20-15-8-12(17)13(18)9-14(15)19-16(20)21/h8-11H,2-7H2,1H3,(H,19,21). The van der Waals surface area contributed by atoms with Crippen LogP contribution in [0.1, 0.15) is 39.0 Å². The highest BCUT2D eigenvalue weighted by molar-refractivity contribution is 7.71. The zero-order valence-electron chi connectivity index (χ0n) is 12.2. The average Bonchev–Trinajstić information content (AvgIpc) is 2.74. The lowest BCUT2D eigenvalue weighted by Gasteiger charge is -2.26. The second kappa shape index (κ2) is 6.09. The van der Waals surface area contributed by atoms with Crippen LogP contribution in [0.3, 0.4) is 0 Å². The highest BCUT2D eigenvalue weighted by Gasteiger charge is 2.18. The van der Waals surface area contributed by atoms with Crippen molar-refractivity contribution in [1.29, 1.82) is 0 Å². The molecule has 0 bridgehead atoms. The Morgan fingerprint density at radius 2 is 2.05 bits per heavy atom. The molecule has 1 aromatic heterocycles. The largest absolute Gasteiger partial charge is 0.330 e. The second-order valence-electron chi connectivity index (χ2n) is 6.28. The molecule has 1 N–H and O–H groups in total. The molecule has 2 nitrogen and oxygen atoms in total. The molecule has 0 radical (unpaired) electrons. The molecule has 2 aromatic rings. The molecule has 0 unspecified atom stereocenters. The number of rotatable bonds is 3. The summed E-state index contributed by atoms with van der Waals surface area (Å²) in [7, 11) is 0. The summed E-state index contributed by atoms with van der Waals surface area (Å²) in [5.41, 5.74) is 1.62. The molecule has 1 fully saturated rings. The summed E-state index contributed by atoms with van der Waals surface area (Å²) in [6, 6.07) is 3.09. The van der Waals surface area contributed by atoms with Gasteiger partial charge in [0.25, 0.3) is 0 Å². The minimum atomic E-state index is -0.408. The third-order valence-corrected chi connectivity index (χ3v) is 5.32. The van der Waals surface area contributed by atoms with E-state index in [0.29, 0.717) is 4.77 Å². The highest BCUT2D eigenvalue weighted by atomic mass is 35.5. The lowest BCUT2D eigenvalue weighted by atomic mass is 9.81. The first-order chi connectivity index (χ1) is 10.0. The molecule has 1 aromatic carbocycles. The fourth-order valence-corrected chi connectivity index (χ4v) is 3.76. The van der Waals surface area contributed by atoms with Gasteiger partial charge >= 0.3 is 0 Å². The monoisotopic (exact) mass is 326 g/mol. The maximum absolute atomic E-state index is 13.5. The number of imidazole rings is 1. The molecule has 0 spiro atoms. The zero-order valence-corrected chi connectivity index (χ0v) is 13.7. The Bertz CT molecular complexity index is 698. The minimum absolute atomic E-state index is 0.150. The summed E-state index contributed by atoms with van der Waals surface area (Å²) in [5, 5.41) is 0.150. The van der Waals surface area contributed by atoms with Crippen molar-refractivity contribution in [3.8, 4) is 0 Å². The summed E-state index contributed by atoms with van der Waals surface area (Å²) in [6.07, 6.45) is 6.42. The topological polar surface area (TPSA) is 20.7 Å². The lowest BCUT2D eigenvalue weighted by molar-refractivity contribution is 0.269. The second-order valence-corrected chi connectivity index (χ2v) is 7.07. The molecule has 5 heteroatoms.